The fraction of sp³-hybridized carbons (Fsp3) is 0.421. The molecule has 1 aliphatic rings. The lowest BCUT2D eigenvalue weighted by Crippen LogP contribution is -2.35. The van der Waals surface area contributed by atoms with E-state index in [1.807, 2.05) is 18.2 Å². The van der Waals surface area contributed by atoms with Crippen molar-refractivity contribution in [3.8, 4) is 0 Å². The van der Waals surface area contributed by atoms with Crippen molar-refractivity contribution < 1.29 is 9.53 Å². The van der Waals surface area contributed by atoms with Crippen molar-refractivity contribution in [3.05, 3.63) is 53.6 Å². The Kier molecular flexibility index (Phi) is 6.09. The molecule has 1 fully saturated rings. The lowest BCUT2D eigenvalue weighted by Gasteiger charge is -2.27. The summed E-state index contributed by atoms with van der Waals surface area (Å²) in [6, 6.07) is 7.93. The summed E-state index contributed by atoms with van der Waals surface area (Å²) in [6.45, 7) is 6.21. The second kappa shape index (κ2) is 8.69. The van der Waals surface area contributed by atoms with Gasteiger partial charge in [0.25, 0.3) is 5.91 Å². The Morgan fingerprint density at radius 2 is 2.08 bits per heavy atom. The molecule has 1 aliphatic heterocycles. The van der Waals surface area contributed by atoms with Gasteiger partial charge in [0, 0.05) is 31.5 Å². The van der Waals surface area contributed by atoms with Gasteiger partial charge in [0.1, 0.15) is 6.33 Å². The van der Waals surface area contributed by atoms with Crippen LogP contribution in [0, 0.1) is 0 Å². The maximum atomic E-state index is 12.7. The van der Waals surface area contributed by atoms with Crippen LogP contribution in [0.2, 0.25) is 0 Å². The Balaban J connectivity index is 1.75. The van der Waals surface area contributed by atoms with Crippen LogP contribution in [0.5, 0.6) is 0 Å². The van der Waals surface area contributed by atoms with E-state index in [1.54, 1.807) is 6.20 Å². The molecule has 3 rings (SSSR count). The van der Waals surface area contributed by atoms with Gasteiger partial charge in [-0.1, -0.05) is 31.5 Å². The summed E-state index contributed by atoms with van der Waals surface area (Å²) in [6.07, 6.45) is 4.79. The summed E-state index contributed by atoms with van der Waals surface area (Å²) in [5, 5.41) is 3.04. The quantitative estimate of drug-likeness (QED) is 0.875. The number of amides is 1. The summed E-state index contributed by atoms with van der Waals surface area (Å²) < 4.78 is 5.40. The Labute approximate surface area is 148 Å². The zero-order chi connectivity index (χ0) is 17.5. The minimum atomic E-state index is -0.154. The number of nitrogens with one attached hydrogen (secondary N) is 1. The predicted octanol–water partition coefficient (Wildman–Crippen LogP) is 2.51. The number of para-hydroxylation sites is 1. The number of aromatic nitrogens is 2. The lowest BCUT2D eigenvalue weighted by atomic mass is 10.1. The number of ether oxygens (including phenoxy) is 1. The highest BCUT2D eigenvalue weighted by molar-refractivity contribution is 6.05. The van der Waals surface area contributed by atoms with Gasteiger partial charge in [-0.2, -0.15) is 0 Å². The number of anilines is 1. The van der Waals surface area contributed by atoms with Crippen LogP contribution in [0.15, 0.2) is 36.8 Å². The SMILES string of the molecule is CCCc1ncncc1C(=O)Nc1ccccc1CN1CCOCC1. The molecule has 0 bridgehead atoms. The summed E-state index contributed by atoms with van der Waals surface area (Å²) in [5.41, 5.74) is 3.28. The Morgan fingerprint density at radius 3 is 2.88 bits per heavy atom. The second-order valence-corrected chi connectivity index (χ2v) is 6.13. The van der Waals surface area contributed by atoms with Crippen molar-refractivity contribution in [2.45, 2.75) is 26.3 Å². The lowest BCUT2D eigenvalue weighted by molar-refractivity contribution is 0.0342. The fourth-order valence-corrected chi connectivity index (χ4v) is 2.95. The zero-order valence-electron chi connectivity index (χ0n) is 14.6. The van der Waals surface area contributed by atoms with E-state index in [-0.39, 0.29) is 5.91 Å². The Hall–Kier alpha value is -2.31. The van der Waals surface area contributed by atoms with Crippen molar-refractivity contribution in [2.75, 3.05) is 31.6 Å². The number of hydrogen-bond donors (Lipinski definition) is 1. The summed E-state index contributed by atoms with van der Waals surface area (Å²) in [5.74, 6) is -0.154. The molecule has 1 saturated heterocycles. The van der Waals surface area contributed by atoms with Crippen molar-refractivity contribution in [3.63, 3.8) is 0 Å². The summed E-state index contributed by atoms with van der Waals surface area (Å²) in [4.78, 5) is 23.3. The summed E-state index contributed by atoms with van der Waals surface area (Å²) >= 11 is 0. The van der Waals surface area contributed by atoms with Crippen LogP contribution in [0.1, 0.15) is 35.0 Å². The van der Waals surface area contributed by atoms with Crippen LogP contribution < -0.4 is 5.32 Å². The van der Waals surface area contributed by atoms with Gasteiger partial charge in [-0.05, 0) is 18.1 Å². The third-order valence-electron chi connectivity index (χ3n) is 4.29. The zero-order valence-corrected chi connectivity index (χ0v) is 14.6. The average Bonchev–Trinajstić information content (AvgIpc) is 2.65. The molecule has 1 aromatic heterocycles. The maximum absolute atomic E-state index is 12.7. The molecule has 0 unspecified atom stereocenters. The largest absolute Gasteiger partial charge is 0.379 e. The van der Waals surface area contributed by atoms with E-state index < -0.39 is 0 Å². The second-order valence-electron chi connectivity index (χ2n) is 6.13. The van der Waals surface area contributed by atoms with Gasteiger partial charge in [-0.15, -0.1) is 0 Å². The molecule has 2 aromatic rings. The molecule has 6 nitrogen and oxygen atoms in total. The number of hydrogen-bond acceptors (Lipinski definition) is 5. The van der Waals surface area contributed by atoms with E-state index in [0.717, 1.165) is 62.6 Å². The van der Waals surface area contributed by atoms with Crippen LogP contribution in [0.3, 0.4) is 0 Å². The Morgan fingerprint density at radius 1 is 1.28 bits per heavy atom. The molecule has 0 spiro atoms. The number of carbonyl (C=O) groups excluding carboxylic acids is 1. The smallest absolute Gasteiger partial charge is 0.259 e. The van der Waals surface area contributed by atoms with Gasteiger partial charge in [0.05, 0.1) is 24.5 Å². The number of aryl methyl sites for hydroxylation is 1. The minimum absolute atomic E-state index is 0.154. The van der Waals surface area contributed by atoms with Gasteiger partial charge in [0.2, 0.25) is 0 Å². The van der Waals surface area contributed by atoms with Crippen LogP contribution in [0.25, 0.3) is 0 Å². The number of morpholine rings is 1. The first-order valence-electron chi connectivity index (χ1n) is 8.76. The maximum Gasteiger partial charge on any atom is 0.259 e. The van der Waals surface area contributed by atoms with Crippen molar-refractivity contribution in [1.29, 1.82) is 0 Å². The normalized spacial score (nSPS) is 15.1. The molecular weight excluding hydrogens is 316 g/mol. The van der Waals surface area contributed by atoms with Crippen molar-refractivity contribution >= 4 is 11.6 Å². The standard InChI is InChI=1S/C19H24N4O2/c1-2-5-18-16(12-20-14-21-18)19(24)22-17-7-4-3-6-15(17)13-23-8-10-25-11-9-23/h3-4,6-7,12,14H,2,5,8-11,13H2,1H3,(H,22,24). The number of nitrogens with zero attached hydrogens (tertiary/aromatic N) is 3. The monoisotopic (exact) mass is 340 g/mol. The highest BCUT2D eigenvalue weighted by Gasteiger charge is 2.16. The third-order valence-corrected chi connectivity index (χ3v) is 4.29. The molecule has 132 valence electrons. The van der Waals surface area contributed by atoms with Crippen molar-refractivity contribution in [1.82, 2.24) is 14.9 Å². The highest BCUT2D eigenvalue weighted by atomic mass is 16.5. The van der Waals surface area contributed by atoms with Crippen LogP contribution >= 0.6 is 0 Å². The Bertz CT molecular complexity index is 714. The van der Waals surface area contributed by atoms with Crippen molar-refractivity contribution in [2.24, 2.45) is 0 Å². The summed E-state index contributed by atoms with van der Waals surface area (Å²) in [7, 11) is 0. The van der Waals surface area contributed by atoms with Gasteiger partial charge < -0.3 is 10.1 Å². The molecule has 0 aliphatic carbocycles. The molecule has 2 heterocycles. The first kappa shape index (κ1) is 17.5. The first-order valence-corrected chi connectivity index (χ1v) is 8.76. The van der Waals surface area contributed by atoms with E-state index in [4.69, 9.17) is 4.74 Å². The molecule has 1 aromatic carbocycles. The first-order chi connectivity index (χ1) is 12.3. The fourth-order valence-electron chi connectivity index (χ4n) is 2.95. The van der Waals surface area contributed by atoms with Gasteiger partial charge in [-0.3, -0.25) is 9.69 Å². The molecule has 1 N–H and O–H groups in total. The van der Waals surface area contributed by atoms with Crippen LogP contribution in [-0.4, -0.2) is 47.1 Å². The van der Waals surface area contributed by atoms with Gasteiger partial charge in [-0.25, -0.2) is 9.97 Å². The average molecular weight is 340 g/mol. The minimum Gasteiger partial charge on any atom is -0.379 e. The predicted molar refractivity (Wildman–Crippen MR) is 96.5 cm³/mol. The molecular formula is C19H24N4O2. The molecule has 0 radical (unpaired) electrons. The van der Waals surface area contributed by atoms with E-state index >= 15 is 0 Å². The van der Waals surface area contributed by atoms with Gasteiger partial charge in [0.15, 0.2) is 0 Å². The molecule has 1 amide bonds. The number of carbonyl (C=O) groups is 1. The van der Waals surface area contributed by atoms with Crippen LogP contribution in [0.4, 0.5) is 5.69 Å². The number of benzene rings is 1. The highest BCUT2D eigenvalue weighted by Crippen LogP contribution is 2.19. The van der Waals surface area contributed by atoms with E-state index in [1.165, 1.54) is 6.33 Å². The van der Waals surface area contributed by atoms with Crippen LogP contribution in [-0.2, 0) is 17.7 Å². The van der Waals surface area contributed by atoms with E-state index in [9.17, 15) is 4.79 Å². The molecule has 25 heavy (non-hydrogen) atoms. The van der Waals surface area contributed by atoms with E-state index in [0.29, 0.717) is 5.56 Å². The molecule has 0 atom stereocenters. The van der Waals surface area contributed by atoms with E-state index in [2.05, 4.69) is 33.2 Å². The third kappa shape index (κ3) is 4.61. The topological polar surface area (TPSA) is 67.4 Å². The van der Waals surface area contributed by atoms with Gasteiger partial charge >= 0.3 is 0 Å². The molecule has 6 heteroatoms. The number of rotatable bonds is 6. The molecule has 0 saturated carbocycles.